The lowest BCUT2D eigenvalue weighted by Gasteiger charge is -2.43. The van der Waals surface area contributed by atoms with Crippen molar-refractivity contribution in [1.29, 1.82) is 5.26 Å². The van der Waals surface area contributed by atoms with Crippen LogP contribution in [-0.2, 0) is 27.0 Å². The third-order valence-corrected chi connectivity index (χ3v) is 8.80. The van der Waals surface area contributed by atoms with Crippen molar-refractivity contribution < 1.29 is 37.1 Å². The zero-order chi connectivity index (χ0) is 34.7. The molecule has 2 aliphatic rings. The van der Waals surface area contributed by atoms with Gasteiger partial charge in [0.2, 0.25) is 5.95 Å². The van der Waals surface area contributed by atoms with Crippen molar-refractivity contribution in [2.45, 2.75) is 44.6 Å². The highest BCUT2D eigenvalue weighted by Crippen LogP contribution is 2.44. The van der Waals surface area contributed by atoms with Crippen LogP contribution in [0, 0.1) is 11.3 Å². The molecule has 1 fully saturated rings. The van der Waals surface area contributed by atoms with Crippen LogP contribution in [0.3, 0.4) is 0 Å². The molecule has 47 heavy (non-hydrogen) atoms. The largest absolute Gasteiger partial charge is 0.554 e. The molecule has 1 saturated heterocycles. The topological polar surface area (TPSA) is 147 Å². The first-order chi connectivity index (χ1) is 22.2. The summed E-state index contributed by atoms with van der Waals surface area (Å²) in [6.45, 7) is 3.52. The minimum atomic E-state index is -4.61. The van der Waals surface area contributed by atoms with Gasteiger partial charge in [-0.1, -0.05) is 12.1 Å². The first-order valence-corrected chi connectivity index (χ1v) is 14.7. The van der Waals surface area contributed by atoms with E-state index in [-0.39, 0.29) is 22.9 Å². The molecule has 2 aliphatic heterocycles. The normalized spacial score (nSPS) is 17.3. The number of esters is 1. The third kappa shape index (κ3) is 7.08. The van der Waals surface area contributed by atoms with Crippen molar-refractivity contribution >= 4 is 24.1 Å². The summed E-state index contributed by atoms with van der Waals surface area (Å²) in [5, 5.41) is 24.6. The van der Waals surface area contributed by atoms with E-state index in [4.69, 9.17) is 14.6 Å². The molecular formula is C32H36F3N7O5. The Morgan fingerprint density at radius 1 is 1.21 bits per heavy atom. The van der Waals surface area contributed by atoms with Crippen molar-refractivity contribution in [1.82, 2.24) is 19.7 Å². The van der Waals surface area contributed by atoms with Gasteiger partial charge >= 0.3 is 17.8 Å². The lowest BCUT2D eigenvalue weighted by atomic mass is 9.89. The van der Waals surface area contributed by atoms with Crippen LogP contribution >= 0.6 is 0 Å². The van der Waals surface area contributed by atoms with Crippen LogP contribution in [0.5, 0.6) is 0 Å². The Morgan fingerprint density at radius 2 is 1.87 bits per heavy atom. The van der Waals surface area contributed by atoms with Crippen molar-refractivity contribution in [3.8, 4) is 6.07 Å². The van der Waals surface area contributed by atoms with E-state index in [0.717, 1.165) is 43.6 Å². The molecule has 12 nitrogen and oxygen atoms in total. The smallest absolute Gasteiger partial charge is 0.416 e. The molecule has 0 spiro atoms. The van der Waals surface area contributed by atoms with Crippen LogP contribution in [0.4, 0.5) is 24.8 Å². The molecule has 0 amide bonds. The van der Waals surface area contributed by atoms with Crippen LogP contribution in [0.25, 0.3) is 0 Å². The molecule has 1 N–H and O–H groups in total. The number of quaternary nitrogens is 1. The number of piperidine rings is 1. The number of methoxy groups -OCH3 is 1. The highest BCUT2D eigenvalue weighted by molar-refractivity contribution is 5.93. The molecule has 250 valence electrons. The average molecular weight is 656 g/mol. The van der Waals surface area contributed by atoms with E-state index in [1.165, 1.54) is 28.7 Å². The minimum absolute atomic E-state index is 0.0175. The Bertz CT molecular complexity index is 1770. The van der Waals surface area contributed by atoms with Gasteiger partial charge in [0.25, 0.3) is 0 Å². The molecule has 3 aromatic rings. The van der Waals surface area contributed by atoms with Crippen LogP contribution in [0.2, 0.25) is 0 Å². The number of anilines is 2. The number of halogens is 3. The molecular weight excluding hydrogens is 619 g/mol. The number of fused-ring (bicyclic) bond motifs is 1. The first kappa shape index (κ1) is 34.9. The quantitative estimate of drug-likeness (QED) is 0.241. The summed E-state index contributed by atoms with van der Waals surface area (Å²) < 4.78 is 48.0. The number of aromatic amines is 1. The van der Waals surface area contributed by atoms with E-state index >= 15 is 0 Å². The monoisotopic (exact) mass is 655 g/mol. The molecule has 15 heteroatoms. The molecule has 0 saturated carbocycles. The van der Waals surface area contributed by atoms with Crippen molar-refractivity contribution in [3.05, 3.63) is 86.5 Å². The van der Waals surface area contributed by atoms with Gasteiger partial charge in [0.1, 0.15) is 12.6 Å². The van der Waals surface area contributed by atoms with Crippen molar-refractivity contribution in [3.63, 3.8) is 0 Å². The van der Waals surface area contributed by atoms with Gasteiger partial charge in [-0.25, -0.2) is 19.3 Å². The van der Waals surface area contributed by atoms with Crippen LogP contribution in [0.1, 0.15) is 48.1 Å². The van der Waals surface area contributed by atoms with Crippen LogP contribution in [-0.4, -0.2) is 84.0 Å². The van der Waals surface area contributed by atoms with E-state index in [0.29, 0.717) is 28.2 Å². The zero-order valence-corrected chi connectivity index (χ0v) is 26.7. The number of rotatable bonds is 6. The van der Waals surface area contributed by atoms with Crippen molar-refractivity contribution in [2.75, 3.05) is 46.2 Å². The van der Waals surface area contributed by atoms with Gasteiger partial charge in [-0.2, -0.15) is 18.4 Å². The molecule has 1 atom stereocenters. The number of hydrogen-bond donors (Lipinski definition) is 1. The number of allylic oxidation sites excluding steroid dienone is 1. The molecule has 3 heterocycles. The van der Waals surface area contributed by atoms with Gasteiger partial charge in [-0.3, -0.25) is 4.90 Å². The van der Waals surface area contributed by atoms with Crippen LogP contribution < -0.4 is 15.7 Å². The number of nitrogens with zero attached hydrogens (tertiary/aromatic N) is 6. The van der Waals surface area contributed by atoms with Crippen LogP contribution in [0.15, 0.2) is 58.5 Å². The second-order valence-corrected chi connectivity index (χ2v) is 12.1. The van der Waals surface area contributed by atoms with E-state index in [1.54, 1.807) is 25.1 Å². The van der Waals surface area contributed by atoms with Gasteiger partial charge in [-0.05, 0) is 49.9 Å². The van der Waals surface area contributed by atoms with Gasteiger partial charge in [-0.15, -0.1) is 5.10 Å². The number of ether oxygens (including phenoxy) is 1. The maximum absolute atomic E-state index is 13.7. The van der Waals surface area contributed by atoms with Gasteiger partial charge in [0.05, 0.1) is 50.0 Å². The minimum Gasteiger partial charge on any atom is -0.554 e. The number of nitrogens with one attached hydrogen (secondary N) is 1. The molecule has 0 radical (unpaired) electrons. The van der Waals surface area contributed by atoms with Gasteiger partial charge < -0.3 is 24.0 Å². The summed E-state index contributed by atoms with van der Waals surface area (Å²) in [6.07, 6.45) is -2.63. The number of carbonyl (C=O) groups is 2. The second-order valence-electron chi connectivity index (χ2n) is 12.1. The summed E-state index contributed by atoms with van der Waals surface area (Å²) >= 11 is 0. The highest BCUT2D eigenvalue weighted by atomic mass is 19.4. The van der Waals surface area contributed by atoms with E-state index in [9.17, 15) is 28.0 Å². The number of nitriles is 1. The predicted octanol–water partition coefficient (Wildman–Crippen LogP) is 2.69. The van der Waals surface area contributed by atoms with E-state index in [2.05, 4.69) is 42.3 Å². The summed E-state index contributed by atoms with van der Waals surface area (Å²) in [5.74, 6) is -0.730. The van der Waals surface area contributed by atoms with E-state index < -0.39 is 35.9 Å². The fourth-order valence-corrected chi connectivity index (χ4v) is 6.42. The van der Waals surface area contributed by atoms with Gasteiger partial charge in [0.15, 0.2) is 0 Å². The maximum atomic E-state index is 13.7. The molecule has 1 unspecified atom stereocenters. The Labute approximate surface area is 269 Å². The average Bonchev–Trinajstić information content (AvgIpc) is 3.40. The second kappa shape index (κ2) is 13.8. The number of benzene rings is 2. The summed E-state index contributed by atoms with van der Waals surface area (Å²) in [4.78, 5) is 38.8. The predicted molar refractivity (Wildman–Crippen MR) is 163 cm³/mol. The molecule has 2 aromatic carbocycles. The van der Waals surface area contributed by atoms with Crippen molar-refractivity contribution in [2.24, 2.45) is 0 Å². The number of hydrogen-bond acceptors (Lipinski definition) is 9. The molecule has 1 aromatic heterocycles. The number of alkyl halides is 3. The Hall–Kier alpha value is -4.94. The summed E-state index contributed by atoms with van der Waals surface area (Å²) in [7, 11) is 7.57. The lowest BCUT2D eigenvalue weighted by molar-refractivity contribution is -0.929. The number of carboxylic acid groups (broad SMARTS) is 1. The third-order valence-electron chi connectivity index (χ3n) is 8.80. The SMILES string of the molecule is COC(=O)C1=C(C)N(c2cccc(C(F)(F)F)c2)c2n[nH]c(=O)n2C1c1ccc(C#N)cc1C[N+](C)(C)C1CCN(C)CC1.O=C[O-]. The Morgan fingerprint density at radius 3 is 2.47 bits per heavy atom. The maximum Gasteiger partial charge on any atom is 0.416 e. The summed E-state index contributed by atoms with van der Waals surface area (Å²) in [6, 6.07) is 11.2. The fraction of sp³-hybridized carbons (Fsp3) is 0.406. The number of H-pyrrole nitrogens is 1. The summed E-state index contributed by atoms with van der Waals surface area (Å²) in [5.41, 5.74) is 0.622. The Balaban J connectivity index is 0.00000160. The van der Waals surface area contributed by atoms with Gasteiger partial charge in [0, 0.05) is 49.4 Å². The first-order valence-electron chi connectivity index (χ1n) is 14.7. The number of likely N-dealkylation sites (tertiary alicyclic amines) is 1. The molecule has 0 bridgehead atoms. The molecule has 5 rings (SSSR count). The Kier molecular flexibility index (Phi) is 10.3. The number of carbonyl (C=O) groups excluding carboxylic acids is 2. The standard InChI is InChI=1S/C31H34F3N7O3.CH2O2/c1-19-26(28(42)44-5)27(40-29(36-37-30(40)43)39(19)23-8-6-7-22(16-23)31(32,33)34)25-10-9-20(17-35)15-21(25)18-41(3,4)24-11-13-38(2)14-12-24;2-1-3/h6-10,15-16,24,27H,11-14,18H2,1-5H3;1H,(H,2,3). The number of aromatic nitrogens is 3. The highest BCUT2D eigenvalue weighted by Gasteiger charge is 2.42. The van der Waals surface area contributed by atoms with E-state index in [1.807, 2.05) is 0 Å². The zero-order valence-electron chi connectivity index (χ0n) is 26.7. The fourth-order valence-electron chi connectivity index (χ4n) is 6.42. The lowest BCUT2D eigenvalue weighted by Crippen LogP contribution is -2.52. The molecule has 0 aliphatic carbocycles.